The highest BCUT2D eigenvalue weighted by molar-refractivity contribution is 5.50. The summed E-state index contributed by atoms with van der Waals surface area (Å²) in [5.74, 6) is 3.10. The molecule has 0 bridgehead atoms. The Morgan fingerprint density at radius 3 is 2.24 bits per heavy atom. The molecule has 0 spiro atoms. The standard InChI is InChI=1S/C29H35NO4/c1-5-14-30-15-13-23-18-28(33-4)29(34-20-21-9-7-6-8-10-21)19-24(23)25(30)16-22-11-12-26(31-2)27(17-22)32-3/h6-12,17-19,25H,5,13-16,20H2,1-4H3. The molecule has 5 heteroatoms. The van der Waals surface area contributed by atoms with Crippen LogP contribution in [0.2, 0.25) is 0 Å². The average Bonchev–Trinajstić information content (AvgIpc) is 2.88. The quantitative estimate of drug-likeness (QED) is 0.379. The molecule has 180 valence electrons. The van der Waals surface area contributed by atoms with Crippen LogP contribution < -0.4 is 18.9 Å². The molecule has 1 atom stereocenters. The number of hydrogen-bond donors (Lipinski definition) is 0. The van der Waals surface area contributed by atoms with Crippen LogP contribution in [-0.2, 0) is 19.4 Å². The lowest BCUT2D eigenvalue weighted by molar-refractivity contribution is 0.182. The Hall–Kier alpha value is -3.18. The second kappa shape index (κ2) is 11.3. The third-order valence-electron chi connectivity index (χ3n) is 6.52. The predicted octanol–water partition coefficient (Wildman–Crippen LogP) is 5.84. The van der Waals surface area contributed by atoms with Crippen molar-refractivity contribution in [3.8, 4) is 23.0 Å². The molecule has 0 amide bonds. The SMILES string of the molecule is CCCN1CCc2cc(OC)c(OCc3ccccc3)cc2C1Cc1ccc(OC)c(OC)c1. The van der Waals surface area contributed by atoms with E-state index in [4.69, 9.17) is 18.9 Å². The van der Waals surface area contributed by atoms with Gasteiger partial charge in [-0.15, -0.1) is 0 Å². The Bertz CT molecular complexity index is 1080. The topological polar surface area (TPSA) is 40.2 Å². The molecule has 34 heavy (non-hydrogen) atoms. The monoisotopic (exact) mass is 461 g/mol. The molecule has 1 unspecified atom stereocenters. The van der Waals surface area contributed by atoms with Gasteiger partial charge in [-0.3, -0.25) is 4.90 Å². The Balaban J connectivity index is 1.67. The molecule has 3 aromatic carbocycles. The molecule has 4 rings (SSSR count). The van der Waals surface area contributed by atoms with Gasteiger partial charge in [0.25, 0.3) is 0 Å². The van der Waals surface area contributed by atoms with E-state index < -0.39 is 0 Å². The van der Waals surface area contributed by atoms with E-state index >= 15 is 0 Å². The highest BCUT2D eigenvalue weighted by Gasteiger charge is 2.29. The highest BCUT2D eigenvalue weighted by atomic mass is 16.5. The number of fused-ring (bicyclic) bond motifs is 1. The zero-order valence-electron chi connectivity index (χ0n) is 20.7. The molecular formula is C29H35NO4. The lowest BCUT2D eigenvalue weighted by atomic mass is 9.88. The Morgan fingerprint density at radius 1 is 0.794 bits per heavy atom. The van der Waals surface area contributed by atoms with Crippen molar-refractivity contribution in [2.24, 2.45) is 0 Å². The Labute approximate surface area is 203 Å². The molecule has 0 saturated carbocycles. The summed E-state index contributed by atoms with van der Waals surface area (Å²) in [6.45, 7) is 4.84. The van der Waals surface area contributed by atoms with Crippen molar-refractivity contribution in [1.82, 2.24) is 4.90 Å². The van der Waals surface area contributed by atoms with Gasteiger partial charge in [0.2, 0.25) is 0 Å². The molecule has 3 aromatic rings. The van der Waals surface area contributed by atoms with Crippen LogP contribution in [0.4, 0.5) is 0 Å². The van der Waals surface area contributed by atoms with Gasteiger partial charge in [0.15, 0.2) is 23.0 Å². The lowest BCUT2D eigenvalue weighted by Crippen LogP contribution is -2.37. The molecule has 0 radical (unpaired) electrons. The van der Waals surface area contributed by atoms with Crippen molar-refractivity contribution in [1.29, 1.82) is 0 Å². The van der Waals surface area contributed by atoms with Crippen LogP contribution in [0.15, 0.2) is 60.7 Å². The van der Waals surface area contributed by atoms with E-state index in [-0.39, 0.29) is 6.04 Å². The maximum Gasteiger partial charge on any atom is 0.162 e. The van der Waals surface area contributed by atoms with E-state index in [1.54, 1.807) is 21.3 Å². The molecule has 0 aromatic heterocycles. The minimum absolute atomic E-state index is 0.256. The van der Waals surface area contributed by atoms with Crippen molar-refractivity contribution in [2.75, 3.05) is 34.4 Å². The summed E-state index contributed by atoms with van der Waals surface area (Å²) in [5.41, 5.74) is 5.01. The van der Waals surface area contributed by atoms with Crippen molar-refractivity contribution >= 4 is 0 Å². The molecule has 0 saturated heterocycles. The van der Waals surface area contributed by atoms with Crippen LogP contribution >= 0.6 is 0 Å². The summed E-state index contributed by atoms with van der Waals surface area (Å²) >= 11 is 0. The number of nitrogens with zero attached hydrogens (tertiary/aromatic N) is 1. The molecule has 1 heterocycles. The normalized spacial score (nSPS) is 15.5. The van der Waals surface area contributed by atoms with Gasteiger partial charge in [-0.2, -0.15) is 0 Å². The molecule has 0 N–H and O–H groups in total. The first kappa shape index (κ1) is 24.0. The van der Waals surface area contributed by atoms with Crippen molar-refractivity contribution in [3.05, 3.63) is 82.9 Å². The number of rotatable bonds is 10. The van der Waals surface area contributed by atoms with Gasteiger partial charge in [0, 0.05) is 12.6 Å². The minimum atomic E-state index is 0.256. The van der Waals surface area contributed by atoms with E-state index in [2.05, 4.69) is 48.2 Å². The van der Waals surface area contributed by atoms with Crippen LogP contribution in [0.1, 0.15) is 41.6 Å². The minimum Gasteiger partial charge on any atom is -0.493 e. The number of hydrogen-bond acceptors (Lipinski definition) is 5. The second-order valence-electron chi connectivity index (χ2n) is 8.67. The van der Waals surface area contributed by atoms with Gasteiger partial charge in [0.1, 0.15) is 6.61 Å². The zero-order chi connectivity index (χ0) is 23.9. The fraction of sp³-hybridized carbons (Fsp3) is 0.379. The van der Waals surface area contributed by atoms with Gasteiger partial charge >= 0.3 is 0 Å². The van der Waals surface area contributed by atoms with Gasteiger partial charge in [-0.25, -0.2) is 0 Å². The van der Waals surface area contributed by atoms with Crippen LogP contribution in [0.5, 0.6) is 23.0 Å². The maximum absolute atomic E-state index is 6.26. The first-order valence-electron chi connectivity index (χ1n) is 12.0. The third-order valence-corrected chi connectivity index (χ3v) is 6.52. The van der Waals surface area contributed by atoms with Gasteiger partial charge in [-0.1, -0.05) is 43.3 Å². The van der Waals surface area contributed by atoms with Crippen molar-refractivity contribution in [2.45, 2.75) is 38.8 Å². The summed E-state index contributed by atoms with van der Waals surface area (Å²) in [4.78, 5) is 2.59. The van der Waals surface area contributed by atoms with Crippen LogP contribution in [0.3, 0.4) is 0 Å². The average molecular weight is 462 g/mol. The summed E-state index contributed by atoms with van der Waals surface area (Å²) < 4.78 is 23.0. The fourth-order valence-electron chi connectivity index (χ4n) is 4.79. The molecule has 1 aliphatic heterocycles. The molecule has 1 aliphatic rings. The van der Waals surface area contributed by atoms with E-state index in [0.717, 1.165) is 60.9 Å². The molecule has 0 aliphatic carbocycles. The number of methoxy groups -OCH3 is 3. The first-order valence-corrected chi connectivity index (χ1v) is 12.0. The van der Waals surface area contributed by atoms with Gasteiger partial charge < -0.3 is 18.9 Å². The smallest absolute Gasteiger partial charge is 0.162 e. The van der Waals surface area contributed by atoms with Crippen LogP contribution in [0.25, 0.3) is 0 Å². The fourth-order valence-corrected chi connectivity index (χ4v) is 4.79. The lowest BCUT2D eigenvalue weighted by Gasteiger charge is -2.38. The maximum atomic E-state index is 6.26. The van der Waals surface area contributed by atoms with Gasteiger partial charge in [0.05, 0.1) is 21.3 Å². The largest absolute Gasteiger partial charge is 0.493 e. The van der Waals surface area contributed by atoms with Gasteiger partial charge in [-0.05, 0) is 72.3 Å². The summed E-state index contributed by atoms with van der Waals surface area (Å²) in [6.07, 6.45) is 3.01. The van der Waals surface area contributed by atoms with Crippen LogP contribution in [-0.4, -0.2) is 39.3 Å². The molecule has 0 fully saturated rings. The molecule has 5 nitrogen and oxygen atoms in total. The summed E-state index contributed by atoms with van der Waals surface area (Å²) in [6, 6.07) is 21.1. The number of ether oxygens (including phenoxy) is 4. The summed E-state index contributed by atoms with van der Waals surface area (Å²) in [5, 5.41) is 0. The van der Waals surface area contributed by atoms with Crippen LogP contribution in [0, 0.1) is 0 Å². The zero-order valence-corrected chi connectivity index (χ0v) is 20.7. The third kappa shape index (κ3) is 5.31. The van der Waals surface area contributed by atoms with E-state index in [9.17, 15) is 0 Å². The highest BCUT2D eigenvalue weighted by Crippen LogP contribution is 2.40. The van der Waals surface area contributed by atoms with E-state index in [0.29, 0.717) is 6.61 Å². The van der Waals surface area contributed by atoms with E-state index in [1.807, 2.05) is 24.3 Å². The van der Waals surface area contributed by atoms with E-state index in [1.165, 1.54) is 16.7 Å². The predicted molar refractivity (Wildman–Crippen MR) is 135 cm³/mol. The Morgan fingerprint density at radius 2 is 1.53 bits per heavy atom. The Kier molecular flexibility index (Phi) is 7.96. The number of benzene rings is 3. The van der Waals surface area contributed by atoms with Crippen molar-refractivity contribution < 1.29 is 18.9 Å². The summed E-state index contributed by atoms with van der Waals surface area (Å²) in [7, 11) is 5.07. The second-order valence-corrected chi connectivity index (χ2v) is 8.67. The van der Waals surface area contributed by atoms with Crippen molar-refractivity contribution in [3.63, 3.8) is 0 Å². The first-order chi connectivity index (χ1) is 16.7. The molecular weight excluding hydrogens is 426 g/mol.